The largest absolute Gasteiger partial charge is 0.504 e. The highest BCUT2D eigenvalue weighted by molar-refractivity contribution is 9.10. The molecule has 0 aliphatic carbocycles. The number of aromatic amines is 1. The Bertz CT molecular complexity index is 965. The molecule has 0 saturated carbocycles. The summed E-state index contributed by atoms with van der Waals surface area (Å²) in [5, 5.41) is 21.0. The summed E-state index contributed by atoms with van der Waals surface area (Å²) < 4.78 is 7.90. The maximum atomic E-state index is 9.64. The number of ether oxygens (including phenoxy) is 1. The number of hydrogen-bond donors (Lipinski definition) is 2. The average molecular weight is 405 g/mol. The van der Waals surface area contributed by atoms with Crippen molar-refractivity contribution in [1.82, 2.24) is 14.9 Å². The second kappa shape index (κ2) is 6.98. The molecule has 1 aromatic heterocycles. The molecule has 24 heavy (non-hydrogen) atoms. The molecule has 1 heterocycles. The second-order valence-corrected chi connectivity index (χ2v) is 6.06. The first-order valence-electron chi connectivity index (χ1n) is 6.94. The number of aromatic hydroxyl groups is 1. The van der Waals surface area contributed by atoms with E-state index in [2.05, 4.69) is 31.2 Å². The highest BCUT2D eigenvalue weighted by Gasteiger charge is 2.11. The lowest BCUT2D eigenvalue weighted by molar-refractivity contribution is 0.373. The molecule has 0 unspecified atom stereocenters. The zero-order valence-electron chi connectivity index (χ0n) is 12.6. The monoisotopic (exact) mass is 404 g/mol. The summed E-state index contributed by atoms with van der Waals surface area (Å²) in [4.78, 5) is 0. The molecule has 8 heteroatoms. The predicted molar refractivity (Wildman–Crippen MR) is 98.2 cm³/mol. The van der Waals surface area contributed by atoms with Crippen LogP contribution in [0.4, 0.5) is 0 Å². The second-order valence-electron chi connectivity index (χ2n) is 4.82. The number of benzene rings is 2. The van der Waals surface area contributed by atoms with Gasteiger partial charge in [0.25, 0.3) is 0 Å². The van der Waals surface area contributed by atoms with E-state index >= 15 is 0 Å². The van der Waals surface area contributed by atoms with Crippen LogP contribution < -0.4 is 4.74 Å². The highest BCUT2D eigenvalue weighted by Crippen LogP contribution is 2.27. The Balaban J connectivity index is 2.01. The summed E-state index contributed by atoms with van der Waals surface area (Å²) in [6.45, 7) is 0. The van der Waals surface area contributed by atoms with E-state index in [1.807, 2.05) is 24.3 Å². The molecule has 122 valence electrons. The summed E-state index contributed by atoms with van der Waals surface area (Å²) in [5.74, 6) is 1.04. The first-order valence-corrected chi connectivity index (χ1v) is 8.14. The van der Waals surface area contributed by atoms with Gasteiger partial charge in [-0.1, -0.05) is 28.1 Å². The number of nitrogens with one attached hydrogen (secondary N) is 1. The van der Waals surface area contributed by atoms with Gasteiger partial charge in [0.05, 0.1) is 13.3 Å². The molecule has 0 amide bonds. The maximum absolute atomic E-state index is 9.64. The number of nitrogens with zero attached hydrogens (tertiary/aromatic N) is 3. The molecule has 0 radical (unpaired) electrons. The quantitative estimate of drug-likeness (QED) is 0.509. The Kier molecular flexibility index (Phi) is 4.77. The molecule has 0 atom stereocenters. The molecule has 0 fully saturated rings. The molecular formula is C16H13BrN4O2S. The van der Waals surface area contributed by atoms with Crippen molar-refractivity contribution in [2.75, 3.05) is 7.11 Å². The minimum atomic E-state index is 0.0727. The number of H-pyrrole nitrogens is 1. The van der Waals surface area contributed by atoms with Gasteiger partial charge in [-0.15, -0.1) is 0 Å². The molecule has 6 nitrogen and oxygen atoms in total. The van der Waals surface area contributed by atoms with Gasteiger partial charge in [0.1, 0.15) is 0 Å². The minimum absolute atomic E-state index is 0.0727. The molecule has 3 rings (SSSR count). The summed E-state index contributed by atoms with van der Waals surface area (Å²) in [5.41, 5.74) is 1.62. The smallest absolute Gasteiger partial charge is 0.216 e. The number of aromatic nitrogens is 3. The third-order valence-electron chi connectivity index (χ3n) is 3.29. The van der Waals surface area contributed by atoms with Gasteiger partial charge < -0.3 is 9.84 Å². The van der Waals surface area contributed by atoms with Gasteiger partial charge in [-0.3, -0.25) is 0 Å². The minimum Gasteiger partial charge on any atom is -0.504 e. The Morgan fingerprint density at radius 3 is 2.88 bits per heavy atom. The number of rotatable bonds is 4. The van der Waals surface area contributed by atoms with E-state index in [0.29, 0.717) is 16.3 Å². The summed E-state index contributed by atoms with van der Waals surface area (Å²) in [6.07, 6.45) is 1.62. The van der Waals surface area contributed by atoms with E-state index in [4.69, 9.17) is 17.0 Å². The lowest BCUT2D eigenvalue weighted by atomic mass is 10.2. The molecule has 0 aliphatic rings. The van der Waals surface area contributed by atoms with Crippen LogP contribution in [0.2, 0.25) is 0 Å². The number of hydrogen-bond acceptors (Lipinski definition) is 5. The van der Waals surface area contributed by atoms with E-state index in [0.717, 1.165) is 15.6 Å². The van der Waals surface area contributed by atoms with Gasteiger partial charge in [0.15, 0.2) is 17.3 Å². The molecule has 3 aromatic rings. The van der Waals surface area contributed by atoms with Crippen molar-refractivity contribution in [3.8, 4) is 22.9 Å². The van der Waals surface area contributed by atoms with Crippen LogP contribution in [0.25, 0.3) is 11.4 Å². The van der Waals surface area contributed by atoms with Crippen LogP contribution in [0.15, 0.2) is 52.0 Å². The predicted octanol–water partition coefficient (Wildman–Crippen LogP) is 3.97. The molecule has 2 N–H and O–H groups in total. The molecule has 0 bridgehead atoms. The van der Waals surface area contributed by atoms with Crippen molar-refractivity contribution in [2.45, 2.75) is 0 Å². The zero-order chi connectivity index (χ0) is 17.1. The Morgan fingerprint density at radius 2 is 2.12 bits per heavy atom. The Morgan fingerprint density at radius 1 is 1.33 bits per heavy atom. The first-order chi connectivity index (χ1) is 11.6. The summed E-state index contributed by atoms with van der Waals surface area (Å²) in [6, 6.07) is 12.6. The highest BCUT2D eigenvalue weighted by atomic mass is 79.9. The van der Waals surface area contributed by atoms with Crippen LogP contribution in [0.5, 0.6) is 11.5 Å². The Labute approximate surface area is 151 Å². The SMILES string of the molecule is COc1cc(C=Nn2c(-c3ccccc3Br)n[nH]c2=S)ccc1O. The van der Waals surface area contributed by atoms with Gasteiger partial charge in [-0.05, 0) is 48.1 Å². The van der Waals surface area contributed by atoms with E-state index in [9.17, 15) is 5.11 Å². The van der Waals surface area contributed by atoms with Gasteiger partial charge >= 0.3 is 0 Å². The number of phenols is 1. The molecular weight excluding hydrogens is 392 g/mol. The van der Waals surface area contributed by atoms with Gasteiger partial charge in [-0.25, -0.2) is 5.10 Å². The summed E-state index contributed by atoms with van der Waals surface area (Å²) in [7, 11) is 1.49. The van der Waals surface area contributed by atoms with Crippen LogP contribution in [0, 0.1) is 4.77 Å². The Hall–Kier alpha value is -2.45. The van der Waals surface area contributed by atoms with Crippen molar-refractivity contribution >= 4 is 34.4 Å². The van der Waals surface area contributed by atoms with Crippen molar-refractivity contribution < 1.29 is 9.84 Å². The van der Waals surface area contributed by atoms with E-state index in [1.165, 1.54) is 11.8 Å². The standard InChI is InChI=1S/C16H13BrN4O2S/c1-23-14-8-10(6-7-13(14)22)9-18-21-15(19-20-16(21)24)11-4-2-3-5-12(11)17/h2-9,22H,1H3,(H,20,24). The van der Waals surface area contributed by atoms with Gasteiger partial charge in [-0.2, -0.15) is 14.9 Å². The fourth-order valence-corrected chi connectivity index (χ4v) is 2.76. The van der Waals surface area contributed by atoms with Crippen LogP contribution >= 0.6 is 28.1 Å². The van der Waals surface area contributed by atoms with Crippen LogP contribution in [0.3, 0.4) is 0 Å². The lowest BCUT2D eigenvalue weighted by Gasteiger charge is -2.04. The van der Waals surface area contributed by atoms with Crippen molar-refractivity contribution in [2.24, 2.45) is 5.10 Å². The van der Waals surface area contributed by atoms with Crippen LogP contribution in [-0.2, 0) is 0 Å². The van der Waals surface area contributed by atoms with Gasteiger partial charge in [0.2, 0.25) is 4.77 Å². The number of halogens is 1. The van der Waals surface area contributed by atoms with Gasteiger partial charge in [0, 0.05) is 10.0 Å². The molecule has 0 saturated heterocycles. The lowest BCUT2D eigenvalue weighted by Crippen LogP contribution is -1.96. The van der Waals surface area contributed by atoms with Crippen molar-refractivity contribution in [3.63, 3.8) is 0 Å². The van der Waals surface area contributed by atoms with E-state index in [1.54, 1.807) is 24.4 Å². The van der Waals surface area contributed by atoms with E-state index < -0.39 is 0 Å². The normalized spacial score (nSPS) is 11.1. The molecule has 0 aliphatic heterocycles. The third-order valence-corrected chi connectivity index (χ3v) is 4.25. The number of phenolic OH excluding ortho intramolecular Hbond substituents is 1. The average Bonchev–Trinajstić information content (AvgIpc) is 2.95. The van der Waals surface area contributed by atoms with Crippen molar-refractivity contribution in [3.05, 3.63) is 57.3 Å². The first kappa shape index (κ1) is 16.4. The third kappa shape index (κ3) is 3.24. The van der Waals surface area contributed by atoms with E-state index in [-0.39, 0.29) is 5.75 Å². The molecule has 2 aromatic carbocycles. The zero-order valence-corrected chi connectivity index (χ0v) is 15.0. The fraction of sp³-hybridized carbons (Fsp3) is 0.0625. The number of methoxy groups -OCH3 is 1. The topological polar surface area (TPSA) is 75.4 Å². The summed E-state index contributed by atoms with van der Waals surface area (Å²) >= 11 is 8.75. The van der Waals surface area contributed by atoms with Crippen LogP contribution in [0.1, 0.15) is 5.56 Å². The maximum Gasteiger partial charge on any atom is 0.216 e. The fourth-order valence-electron chi connectivity index (χ4n) is 2.11. The molecule has 0 spiro atoms. The van der Waals surface area contributed by atoms with Crippen LogP contribution in [-0.4, -0.2) is 33.3 Å². The van der Waals surface area contributed by atoms with Crippen molar-refractivity contribution in [1.29, 1.82) is 0 Å².